The van der Waals surface area contributed by atoms with Crippen molar-refractivity contribution in [2.45, 2.75) is 45.1 Å². The lowest BCUT2D eigenvalue weighted by molar-refractivity contribution is -0.141. The topological polar surface area (TPSA) is 66.6 Å². The summed E-state index contributed by atoms with van der Waals surface area (Å²) in [5.41, 5.74) is 4.73. The zero-order valence-corrected chi connectivity index (χ0v) is 10.4. The Labute approximate surface area is 97.8 Å². The van der Waals surface area contributed by atoms with E-state index >= 15 is 0 Å². The average Bonchev–Trinajstić information content (AvgIpc) is 2.23. The number of rotatable bonds is 4. The van der Waals surface area contributed by atoms with E-state index in [-0.39, 0.29) is 11.8 Å². The van der Waals surface area contributed by atoms with Crippen LogP contribution in [0.2, 0.25) is 0 Å². The predicted molar refractivity (Wildman–Crippen MR) is 63.9 cm³/mol. The summed E-state index contributed by atoms with van der Waals surface area (Å²) >= 11 is 0. The van der Waals surface area contributed by atoms with Crippen molar-refractivity contribution in [2.75, 3.05) is 19.6 Å². The fourth-order valence-electron chi connectivity index (χ4n) is 2.27. The van der Waals surface area contributed by atoms with Gasteiger partial charge in [0, 0.05) is 19.0 Å². The first-order valence-corrected chi connectivity index (χ1v) is 6.17. The third-order valence-corrected chi connectivity index (χ3v) is 3.25. The molecule has 4 nitrogen and oxygen atoms in total. The monoisotopic (exact) mass is 228 g/mol. The molecule has 2 unspecified atom stereocenters. The maximum Gasteiger partial charge on any atom is 0.225 e. The fraction of sp³-hybridized carbons (Fsp3) is 0.917. The van der Waals surface area contributed by atoms with Crippen molar-refractivity contribution in [3.63, 3.8) is 0 Å². The van der Waals surface area contributed by atoms with E-state index in [9.17, 15) is 9.90 Å². The van der Waals surface area contributed by atoms with Gasteiger partial charge < -0.3 is 15.7 Å². The Bertz CT molecular complexity index is 241. The van der Waals surface area contributed by atoms with Crippen LogP contribution in [0.5, 0.6) is 0 Å². The van der Waals surface area contributed by atoms with Crippen molar-refractivity contribution < 1.29 is 9.90 Å². The molecule has 0 saturated carbocycles. The normalized spacial score (nSPS) is 27.9. The average molecular weight is 228 g/mol. The van der Waals surface area contributed by atoms with E-state index in [0.29, 0.717) is 13.1 Å². The van der Waals surface area contributed by atoms with Crippen molar-refractivity contribution in [3.8, 4) is 0 Å². The number of carbonyl (C=O) groups is 1. The van der Waals surface area contributed by atoms with Gasteiger partial charge in [0.2, 0.25) is 5.91 Å². The fourth-order valence-corrected chi connectivity index (χ4v) is 2.27. The first kappa shape index (κ1) is 13.5. The number of aliphatic hydroxyl groups is 1. The zero-order valence-electron chi connectivity index (χ0n) is 10.4. The Morgan fingerprint density at radius 2 is 2.31 bits per heavy atom. The molecule has 0 aromatic carbocycles. The van der Waals surface area contributed by atoms with Crippen LogP contribution in [0.3, 0.4) is 0 Å². The highest BCUT2D eigenvalue weighted by molar-refractivity contribution is 5.78. The van der Waals surface area contributed by atoms with Gasteiger partial charge in [-0.25, -0.2) is 0 Å². The minimum atomic E-state index is -0.707. The van der Waals surface area contributed by atoms with E-state index < -0.39 is 5.60 Å². The molecule has 3 N–H and O–H groups in total. The van der Waals surface area contributed by atoms with Crippen LogP contribution in [0.1, 0.15) is 39.5 Å². The number of nitrogens with zero attached hydrogens (tertiary/aromatic N) is 1. The third kappa shape index (κ3) is 3.76. The number of likely N-dealkylation sites (tertiary alicyclic amines) is 1. The molecule has 1 amide bonds. The number of carbonyl (C=O) groups excluding carboxylic acids is 1. The molecule has 1 aliphatic heterocycles. The van der Waals surface area contributed by atoms with Crippen LogP contribution >= 0.6 is 0 Å². The van der Waals surface area contributed by atoms with Crippen LogP contribution < -0.4 is 5.73 Å². The molecule has 16 heavy (non-hydrogen) atoms. The van der Waals surface area contributed by atoms with E-state index in [0.717, 1.165) is 32.2 Å². The third-order valence-electron chi connectivity index (χ3n) is 3.25. The summed E-state index contributed by atoms with van der Waals surface area (Å²) in [7, 11) is 0. The van der Waals surface area contributed by atoms with Gasteiger partial charge in [0.1, 0.15) is 0 Å². The molecule has 1 rings (SSSR count). The lowest BCUT2D eigenvalue weighted by Crippen LogP contribution is -2.50. The van der Waals surface area contributed by atoms with Gasteiger partial charge in [-0.1, -0.05) is 6.92 Å². The van der Waals surface area contributed by atoms with Crippen molar-refractivity contribution in [3.05, 3.63) is 0 Å². The van der Waals surface area contributed by atoms with Crippen LogP contribution in [0, 0.1) is 5.92 Å². The Balaban J connectivity index is 2.46. The van der Waals surface area contributed by atoms with Gasteiger partial charge in [-0.2, -0.15) is 0 Å². The Morgan fingerprint density at radius 3 is 2.88 bits per heavy atom. The second kappa shape index (κ2) is 5.64. The molecular formula is C12H24N2O2. The van der Waals surface area contributed by atoms with Crippen LogP contribution in [0.15, 0.2) is 0 Å². The van der Waals surface area contributed by atoms with E-state index in [4.69, 9.17) is 5.73 Å². The predicted octanol–water partition coefficient (Wildman–Crippen LogP) is 0.735. The van der Waals surface area contributed by atoms with Gasteiger partial charge in [0.15, 0.2) is 0 Å². The van der Waals surface area contributed by atoms with Gasteiger partial charge in [0.25, 0.3) is 0 Å². The van der Waals surface area contributed by atoms with Crippen LogP contribution in [-0.4, -0.2) is 41.1 Å². The second-order valence-electron chi connectivity index (χ2n) is 5.19. The Kier molecular flexibility index (Phi) is 4.74. The summed E-state index contributed by atoms with van der Waals surface area (Å²) in [5.74, 6) is 0.186. The van der Waals surface area contributed by atoms with Gasteiger partial charge in [0.05, 0.1) is 5.60 Å². The summed E-state index contributed by atoms with van der Waals surface area (Å²) < 4.78 is 0. The molecule has 1 fully saturated rings. The maximum atomic E-state index is 12.1. The van der Waals surface area contributed by atoms with Gasteiger partial charge in [-0.15, -0.1) is 0 Å². The number of nitrogens with two attached hydrogens (primary N) is 1. The van der Waals surface area contributed by atoms with E-state index in [1.807, 2.05) is 6.92 Å². The molecule has 4 heteroatoms. The number of β-amino-alcohol motifs (C(OH)–C–C–N with tert-alkyl or cyclic N) is 1. The maximum absolute atomic E-state index is 12.1. The Hall–Kier alpha value is -0.610. The second-order valence-corrected chi connectivity index (χ2v) is 5.19. The summed E-state index contributed by atoms with van der Waals surface area (Å²) in [6, 6.07) is 0. The highest BCUT2D eigenvalue weighted by atomic mass is 16.3. The molecule has 0 spiro atoms. The lowest BCUT2D eigenvalue weighted by atomic mass is 9.93. The molecule has 0 aliphatic carbocycles. The van der Waals surface area contributed by atoms with Gasteiger partial charge in [-0.3, -0.25) is 4.79 Å². The first-order valence-electron chi connectivity index (χ1n) is 6.17. The van der Waals surface area contributed by atoms with Gasteiger partial charge in [-0.05, 0) is 39.2 Å². The summed E-state index contributed by atoms with van der Waals surface area (Å²) in [6.07, 6.45) is 3.40. The quantitative estimate of drug-likeness (QED) is 0.745. The molecule has 1 heterocycles. The number of amides is 1. The highest BCUT2D eigenvalue weighted by Gasteiger charge is 2.32. The number of hydrogen-bond acceptors (Lipinski definition) is 3. The molecule has 1 saturated heterocycles. The summed E-state index contributed by atoms with van der Waals surface area (Å²) in [4.78, 5) is 13.9. The van der Waals surface area contributed by atoms with E-state index in [1.54, 1.807) is 11.8 Å². The molecule has 2 atom stereocenters. The molecule has 1 aliphatic rings. The van der Waals surface area contributed by atoms with Crippen LogP contribution in [-0.2, 0) is 4.79 Å². The van der Waals surface area contributed by atoms with Gasteiger partial charge >= 0.3 is 0 Å². The zero-order chi connectivity index (χ0) is 12.2. The molecular weight excluding hydrogens is 204 g/mol. The van der Waals surface area contributed by atoms with Crippen LogP contribution in [0.4, 0.5) is 0 Å². The molecule has 94 valence electrons. The van der Waals surface area contributed by atoms with Crippen LogP contribution in [0.25, 0.3) is 0 Å². The first-order chi connectivity index (χ1) is 7.46. The summed E-state index contributed by atoms with van der Waals surface area (Å²) in [5, 5.41) is 9.94. The smallest absolute Gasteiger partial charge is 0.225 e. The summed E-state index contributed by atoms with van der Waals surface area (Å²) in [6.45, 7) is 5.63. The largest absolute Gasteiger partial charge is 0.388 e. The van der Waals surface area contributed by atoms with Crippen molar-refractivity contribution in [1.29, 1.82) is 0 Å². The minimum Gasteiger partial charge on any atom is -0.388 e. The number of piperidine rings is 1. The molecule has 0 aromatic heterocycles. The standard InChI is InChI=1S/C12H24N2O2/c1-10(5-3-7-13)11(15)14-8-4-6-12(2,16)9-14/h10,16H,3-9,13H2,1-2H3. The lowest BCUT2D eigenvalue weighted by Gasteiger charge is -2.38. The molecule has 0 bridgehead atoms. The van der Waals surface area contributed by atoms with E-state index in [1.165, 1.54) is 0 Å². The minimum absolute atomic E-state index is 0.0254. The Morgan fingerprint density at radius 1 is 1.62 bits per heavy atom. The van der Waals surface area contributed by atoms with E-state index in [2.05, 4.69) is 0 Å². The molecule has 0 aromatic rings. The van der Waals surface area contributed by atoms with Crippen molar-refractivity contribution >= 4 is 5.91 Å². The SMILES string of the molecule is CC(CCCN)C(=O)N1CCCC(C)(O)C1. The molecule has 0 radical (unpaired) electrons. The van der Waals surface area contributed by atoms with Crippen molar-refractivity contribution in [1.82, 2.24) is 4.90 Å². The highest BCUT2D eigenvalue weighted by Crippen LogP contribution is 2.22. The number of hydrogen-bond donors (Lipinski definition) is 2. The van der Waals surface area contributed by atoms with Crippen molar-refractivity contribution in [2.24, 2.45) is 11.7 Å².